The Hall–Kier alpha value is -3.14. The molecular weight excluding hydrogens is 875 g/mol. The third-order valence-corrected chi connectivity index (χ3v) is 12.1. The molecule has 1 heterocycles. The number of carbonyl (C=O) groups excluding carboxylic acids is 6. The van der Waals surface area contributed by atoms with Crippen molar-refractivity contribution >= 4 is 35.6 Å². The summed E-state index contributed by atoms with van der Waals surface area (Å²) in [6.45, 7) is 10.2. The summed E-state index contributed by atoms with van der Waals surface area (Å²) < 4.78 is 39.0. The Kier molecular flexibility index (Phi) is 40.5. The second-order valence-corrected chi connectivity index (χ2v) is 18.5. The molecule has 396 valence electrons. The molecule has 1 N–H and O–H groups in total. The maximum Gasteiger partial charge on any atom is 0.339 e. The van der Waals surface area contributed by atoms with Crippen molar-refractivity contribution in [1.29, 1.82) is 0 Å². The third-order valence-electron chi connectivity index (χ3n) is 12.1. The molecule has 68 heavy (non-hydrogen) atoms. The molecule has 1 aliphatic rings. The fraction of sp³-hybridized carbons (Fsp3) is 0.887. The van der Waals surface area contributed by atoms with Gasteiger partial charge in [-0.2, -0.15) is 0 Å². The van der Waals surface area contributed by atoms with Gasteiger partial charge in [-0.15, -0.1) is 0 Å². The third kappa shape index (κ3) is 35.9. The number of rotatable bonds is 47. The normalized spacial score (nSPS) is 14.2. The molecule has 0 spiro atoms. The summed E-state index contributed by atoms with van der Waals surface area (Å²) in [5.41, 5.74) is -2.14. The van der Waals surface area contributed by atoms with E-state index >= 15 is 0 Å². The minimum absolute atomic E-state index is 0.0324. The number of esters is 5. The molecule has 0 aromatic carbocycles. The van der Waals surface area contributed by atoms with E-state index < -0.39 is 36.7 Å². The predicted molar refractivity (Wildman–Crippen MR) is 262 cm³/mol. The molecule has 0 aromatic rings. The van der Waals surface area contributed by atoms with Crippen LogP contribution in [-0.2, 0) is 61.9 Å². The molecule has 15 heteroatoms. The van der Waals surface area contributed by atoms with Gasteiger partial charge in [-0.1, -0.05) is 111 Å². The van der Waals surface area contributed by atoms with Crippen LogP contribution in [0.4, 0.5) is 0 Å². The number of unbranched alkanes of at least 4 members (excludes halogenated alkanes) is 19. The second kappa shape index (κ2) is 43.8. The van der Waals surface area contributed by atoms with E-state index in [0.29, 0.717) is 117 Å². The molecule has 1 fully saturated rings. The molecule has 1 rings (SSSR count). The number of hydrogen-bond donors (Lipinski definition) is 1. The zero-order valence-electron chi connectivity index (χ0n) is 43.0. The maximum absolute atomic E-state index is 14.2. The van der Waals surface area contributed by atoms with Crippen molar-refractivity contribution in [2.24, 2.45) is 0 Å². The molecule has 0 amide bonds. The summed E-state index contributed by atoms with van der Waals surface area (Å²) in [6.07, 6.45) is 20.6. The van der Waals surface area contributed by atoms with Crippen LogP contribution in [0.25, 0.3) is 0 Å². The van der Waals surface area contributed by atoms with Gasteiger partial charge < -0.3 is 38.3 Å². The van der Waals surface area contributed by atoms with E-state index in [-0.39, 0.29) is 63.0 Å². The zero-order chi connectivity index (χ0) is 49.8. The van der Waals surface area contributed by atoms with Gasteiger partial charge in [0.2, 0.25) is 0 Å². The SMILES string of the molecule is CCCCCCCC(=O)OCCCCCCC(=O)CC(CC(=O)OCCCCCOC(=O)CCCCCCC)(OC(O)CCN1CCOCC1)C(=O)OCCCCCOC(=O)CCCCCCC. The van der Waals surface area contributed by atoms with Crippen LogP contribution < -0.4 is 0 Å². The first-order valence-corrected chi connectivity index (χ1v) is 27.0. The predicted octanol–water partition coefficient (Wildman–Crippen LogP) is 10.2. The molecule has 0 aliphatic carbocycles. The highest BCUT2D eigenvalue weighted by atomic mass is 16.6. The Morgan fingerprint density at radius 1 is 0.471 bits per heavy atom. The largest absolute Gasteiger partial charge is 0.466 e. The fourth-order valence-electron chi connectivity index (χ4n) is 7.88. The Bertz CT molecular complexity index is 1250. The van der Waals surface area contributed by atoms with Gasteiger partial charge in [-0.25, -0.2) is 4.79 Å². The van der Waals surface area contributed by atoms with Crippen molar-refractivity contribution < 1.29 is 67.0 Å². The van der Waals surface area contributed by atoms with Crippen molar-refractivity contribution in [2.75, 3.05) is 65.9 Å². The van der Waals surface area contributed by atoms with E-state index in [1.165, 1.54) is 6.42 Å². The summed E-state index contributed by atoms with van der Waals surface area (Å²) in [5, 5.41) is 11.3. The average Bonchev–Trinajstić information content (AvgIpc) is 3.32. The number of ether oxygens (including phenoxy) is 7. The first-order valence-electron chi connectivity index (χ1n) is 27.0. The number of aliphatic hydroxyl groups is 1. The molecule has 2 unspecified atom stereocenters. The summed E-state index contributed by atoms with van der Waals surface area (Å²) in [4.78, 5) is 79.8. The first-order chi connectivity index (χ1) is 33.0. The van der Waals surface area contributed by atoms with Gasteiger partial charge in [-0.3, -0.25) is 28.9 Å². The van der Waals surface area contributed by atoms with Gasteiger partial charge >= 0.3 is 29.8 Å². The molecule has 0 saturated carbocycles. The van der Waals surface area contributed by atoms with E-state index in [4.69, 9.17) is 33.2 Å². The number of Topliss-reactive ketones (excluding diaryl/α,β-unsaturated/α-hetero) is 1. The second-order valence-electron chi connectivity index (χ2n) is 18.5. The van der Waals surface area contributed by atoms with Crippen LogP contribution in [0.2, 0.25) is 0 Å². The highest BCUT2D eigenvalue weighted by Gasteiger charge is 2.47. The summed E-state index contributed by atoms with van der Waals surface area (Å²) >= 11 is 0. The number of hydrogen-bond acceptors (Lipinski definition) is 15. The molecule has 2 atom stereocenters. The minimum Gasteiger partial charge on any atom is -0.466 e. The van der Waals surface area contributed by atoms with Crippen LogP contribution in [0.3, 0.4) is 0 Å². The lowest BCUT2D eigenvalue weighted by Gasteiger charge is -2.33. The summed E-state index contributed by atoms with van der Waals surface area (Å²) in [5.74, 6) is -2.63. The average molecular weight is 970 g/mol. The minimum atomic E-state index is -2.14. The van der Waals surface area contributed by atoms with Gasteiger partial charge in [0, 0.05) is 58.2 Å². The number of aliphatic hydroxyl groups excluding tert-OH is 1. The Labute approximate surface area is 410 Å². The number of ketones is 1. The number of morpholine rings is 1. The van der Waals surface area contributed by atoms with Crippen molar-refractivity contribution in [3.05, 3.63) is 0 Å². The lowest BCUT2D eigenvalue weighted by Crippen LogP contribution is -2.50. The molecule has 0 radical (unpaired) electrons. The summed E-state index contributed by atoms with van der Waals surface area (Å²) in [7, 11) is 0. The van der Waals surface area contributed by atoms with Crippen molar-refractivity contribution in [2.45, 2.75) is 238 Å². The van der Waals surface area contributed by atoms with Crippen LogP contribution in [0, 0.1) is 0 Å². The van der Waals surface area contributed by atoms with Gasteiger partial charge in [0.15, 0.2) is 11.9 Å². The number of nitrogens with zero attached hydrogens (tertiary/aromatic N) is 1. The van der Waals surface area contributed by atoms with Gasteiger partial charge in [-0.05, 0) is 70.6 Å². The van der Waals surface area contributed by atoms with Gasteiger partial charge in [0.1, 0.15) is 5.78 Å². The quantitative estimate of drug-likeness (QED) is 0.0262. The Balaban J connectivity index is 2.89. The Morgan fingerprint density at radius 3 is 1.28 bits per heavy atom. The Morgan fingerprint density at radius 2 is 0.838 bits per heavy atom. The van der Waals surface area contributed by atoms with E-state index in [0.717, 1.165) is 96.3 Å². The topological polar surface area (TPSA) is 190 Å². The molecule has 1 aliphatic heterocycles. The zero-order valence-corrected chi connectivity index (χ0v) is 43.0. The van der Waals surface area contributed by atoms with Crippen LogP contribution in [0.5, 0.6) is 0 Å². The van der Waals surface area contributed by atoms with Crippen molar-refractivity contribution in [3.63, 3.8) is 0 Å². The maximum atomic E-state index is 14.2. The van der Waals surface area contributed by atoms with Crippen molar-refractivity contribution in [1.82, 2.24) is 4.90 Å². The molecule has 0 bridgehead atoms. The lowest BCUT2D eigenvalue weighted by atomic mass is 9.90. The first kappa shape index (κ1) is 62.9. The number of carbonyl (C=O) groups is 6. The van der Waals surface area contributed by atoms with Crippen LogP contribution in [0.15, 0.2) is 0 Å². The van der Waals surface area contributed by atoms with Crippen LogP contribution >= 0.6 is 0 Å². The van der Waals surface area contributed by atoms with E-state index in [9.17, 15) is 33.9 Å². The molecule has 1 saturated heterocycles. The van der Waals surface area contributed by atoms with Crippen molar-refractivity contribution in [3.8, 4) is 0 Å². The van der Waals surface area contributed by atoms with E-state index in [1.54, 1.807) is 0 Å². The summed E-state index contributed by atoms with van der Waals surface area (Å²) in [6, 6.07) is 0. The molecular formula is C53H95NO14. The highest BCUT2D eigenvalue weighted by molar-refractivity contribution is 5.92. The lowest BCUT2D eigenvalue weighted by molar-refractivity contribution is -0.219. The van der Waals surface area contributed by atoms with Gasteiger partial charge in [0.05, 0.1) is 52.7 Å². The fourth-order valence-corrected chi connectivity index (χ4v) is 7.88. The van der Waals surface area contributed by atoms with Crippen LogP contribution in [-0.4, -0.2) is 123 Å². The smallest absolute Gasteiger partial charge is 0.339 e. The van der Waals surface area contributed by atoms with E-state index in [1.807, 2.05) is 0 Å². The monoisotopic (exact) mass is 970 g/mol. The molecule has 0 aromatic heterocycles. The highest BCUT2D eigenvalue weighted by Crippen LogP contribution is 2.29. The van der Waals surface area contributed by atoms with Gasteiger partial charge in [0.25, 0.3) is 0 Å². The van der Waals surface area contributed by atoms with E-state index in [2.05, 4.69) is 25.7 Å². The standard InChI is InChI=1S/C53H95NO14/c1-4-7-10-13-21-30-47(56)63-37-24-17-16-20-29-46(55)44-53(68-50(59)33-34-54-35-42-62-43-36-54,52(61)67-41-28-19-26-39-65-49(58)32-23-15-12-9-6-3)45-51(60)66-40-27-18-25-38-64-48(57)31-22-14-11-8-5-2/h50,59H,4-45H2,1-3H3. The van der Waals surface area contributed by atoms with Crippen LogP contribution in [0.1, 0.15) is 226 Å². The molecule has 15 nitrogen and oxygen atoms in total.